The third-order valence-corrected chi connectivity index (χ3v) is 4.70. The van der Waals surface area contributed by atoms with Crippen LogP contribution in [-0.4, -0.2) is 17.0 Å². The van der Waals surface area contributed by atoms with E-state index in [1.807, 2.05) is 0 Å². The molecule has 0 fully saturated rings. The Labute approximate surface area is 109 Å². The van der Waals surface area contributed by atoms with Gasteiger partial charge in [0.2, 0.25) is 0 Å². The molecule has 1 aromatic rings. The number of hydrogen-bond donors (Lipinski definition) is 1. The SMILES string of the molecule is CCC1CSC(Nc2cccc(C)c2Br)=N1. The Morgan fingerprint density at radius 2 is 2.38 bits per heavy atom. The molecule has 0 bridgehead atoms. The van der Waals surface area contributed by atoms with E-state index in [1.165, 1.54) is 5.56 Å². The summed E-state index contributed by atoms with van der Waals surface area (Å²) in [5, 5.41) is 4.42. The number of aryl methyl sites for hydroxylation is 1. The Balaban J connectivity index is 2.13. The Bertz CT molecular complexity index is 417. The topological polar surface area (TPSA) is 24.4 Å². The second-order valence-corrected chi connectivity index (χ2v) is 5.67. The molecule has 2 rings (SSSR count). The molecule has 0 radical (unpaired) electrons. The summed E-state index contributed by atoms with van der Waals surface area (Å²) < 4.78 is 1.12. The van der Waals surface area contributed by atoms with Gasteiger partial charge in [-0.25, -0.2) is 0 Å². The molecule has 0 saturated carbocycles. The van der Waals surface area contributed by atoms with Crippen LogP contribution in [0.3, 0.4) is 0 Å². The highest BCUT2D eigenvalue weighted by Gasteiger charge is 2.17. The van der Waals surface area contributed by atoms with Gasteiger partial charge in [0.15, 0.2) is 5.17 Å². The van der Waals surface area contributed by atoms with Gasteiger partial charge < -0.3 is 5.32 Å². The van der Waals surface area contributed by atoms with E-state index in [1.54, 1.807) is 11.8 Å². The normalized spacial score (nSPS) is 19.7. The summed E-state index contributed by atoms with van der Waals surface area (Å²) in [5.41, 5.74) is 2.34. The van der Waals surface area contributed by atoms with Gasteiger partial charge in [-0.15, -0.1) is 0 Å². The average Bonchev–Trinajstić information content (AvgIpc) is 2.73. The van der Waals surface area contributed by atoms with Crippen LogP contribution in [0.25, 0.3) is 0 Å². The lowest BCUT2D eigenvalue weighted by molar-refractivity contribution is 0.738. The number of thioether (sulfide) groups is 1. The molecule has 1 aromatic carbocycles. The van der Waals surface area contributed by atoms with Crippen LogP contribution < -0.4 is 5.32 Å². The van der Waals surface area contributed by atoms with Gasteiger partial charge in [-0.05, 0) is 40.9 Å². The molecule has 0 saturated heterocycles. The standard InChI is InChI=1S/C12H15BrN2S/c1-3-9-7-16-12(14-9)15-10-6-4-5-8(2)11(10)13/h4-6,9H,3,7H2,1-2H3,(H,14,15). The summed E-state index contributed by atoms with van der Waals surface area (Å²) in [7, 11) is 0. The van der Waals surface area contributed by atoms with E-state index >= 15 is 0 Å². The molecule has 4 heteroatoms. The molecule has 1 unspecified atom stereocenters. The van der Waals surface area contributed by atoms with Gasteiger partial charge >= 0.3 is 0 Å². The van der Waals surface area contributed by atoms with E-state index in [-0.39, 0.29) is 0 Å². The van der Waals surface area contributed by atoms with Crippen molar-refractivity contribution < 1.29 is 0 Å². The van der Waals surface area contributed by atoms with Gasteiger partial charge in [-0.3, -0.25) is 4.99 Å². The van der Waals surface area contributed by atoms with Crippen LogP contribution in [0.2, 0.25) is 0 Å². The van der Waals surface area contributed by atoms with Crippen LogP contribution in [0.1, 0.15) is 18.9 Å². The fourth-order valence-corrected chi connectivity index (χ4v) is 2.98. The molecule has 2 nitrogen and oxygen atoms in total. The van der Waals surface area contributed by atoms with E-state index in [2.05, 4.69) is 58.3 Å². The van der Waals surface area contributed by atoms with Crippen molar-refractivity contribution in [3.8, 4) is 0 Å². The van der Waals surface area contributed by atoms with Crippen molar-refractivity contribution in [2.45, 2.75) is 26.3 Å². The van der Waals surface area contributed by atoms with Gasteiger partial charge in [0, 0.05) is 10.2 Å². The minimum Gasteiger partial charge on any atom is -0.334 e. The summed E-state index contributed by atoms with van der Waals surface area (Å²) in [4.78, 5) is 4.62. The van der Waals surface area contributed by atoms with Crippen molar-refractivity contribution in [3.63, 3.8) is 0 Å². The predicted octanol–water partition coefficient (Wildman–Crippen LogP) is 4.05. The van der Waals surface area contributed by atoms with Crippen molar-refractivity contribution in [2.24, 2.45) is 4.99 Å². The van der Waals surface area contributed by atoms with E-state index < -0.39 is 0 Å². The first-order valence-corrected chi connectivity index (χ1v) is 7.21. The van der Waals surface area contributed by atoms with Crippen molar-refractivity contribution in [2.75, 3.05) is 11.1 Å². The van der Waals surface area contributed by atoms with E-state index in [0.29, 0.717) is 6.04 Å². The van der Waals surface area contributed by atoms with Crippen molar-refractivity contribution in [1.82, 2.24) is 0 Å². The molecule has 1 atom stereocenters. The van der Waals surface area contributed by atoms with Crippen LogP contribution in [0, 0.1) is 6.92 Å². The minimum atomic E-state index is 0.482. The maximum Gasteiger partial charge on any atom is 0.161 e. The molecular weight excluding hydrogens is 284 g/mol. The van der Waals surface area contributed by atoms with Gasteiger partial charge in [-0.1, -0.05) is 30.8 Å². The third kappa shape index (κ3) is 2.61. The lowest BCUT2D eigenvalue weighted by Crippen LogP contribution is -2.06. The molecular formula is C12H15BrN2S. The summed E-state index contributed by atoms with van der Waals surface area (Å²) in [6.07, 6.45) is 1.12. The molecule has 1 N–H and O–H groups in total. The number of hydrogen-bond acceptors (Lipinski definition) is 3. The highest BCUT2D eigenvalue weighted by molar-refractivity contribution is 9.10. The largest absolute Gasteiger partial charge is 0.334 e. The van der Waals surface area contributed by atoms with Crippen LogP contribution in [0.15, 0.2) is 27.7 Å². The third-order valence-electron chi connectivity index (χ3n) is 2.62. The predicted molar refractivity (Wildman–Crippen MR) is 76.5 cm³/mol. The van der Waals surface area contributed by atoms with E-state index in [0.717, 1.165) is 27.5 Å². The number of aliphatic imine (C=N–C) groups is 1. The second-order valence-electron chi connectivity index (χ2n) is 3.87. The van der Waals surface area contributed by atoms with Crippen molar-refractivity contribution in [3.05, 3.63) is 28.2 Å². The van der Waals surface area contributed by atoms with Gasteiger partial charge in [0.05, 0.1) is 11.7 Å². The monoisotopic (exact) mass is 298 g/mol. The maximum atomic E-state index is 4.62. The molecule has 86 valence electrons. The van der Waals surface area contributed by atoms with Crippen LogP contribution >= 0.6 is 27.7 Å². The Kier molecular flexibility index (Phi) is 3.92. The Morgan fingerprint density at radius 3 is 3.06 bits per heavy atom. The Morgan fingerprint density at radius 1 is 1.56 bits per heavy atom. The highest BCUT2D eigenvalue weighted by Crippen LogP contribution is 2.28. The zero-order chi connectivity index (χ0) is 11.5. The zero-order valence-electron chi connectivity index (χ0n) is 9.46. The number of amidine groups is 1. The number of nitrogens with zero attached hydrogens (tertiary/aromatic N) is 1. The van der Waals surface area contributed by atoms with E-state index in [4.69, 9.17) is 0 Å². The highest BCUT2D eigenvalue weighted by atomic mass is 79.9. The fraction of sp³-hybridized carbons (Fsp3) is 0.417. The van der Waals surface area contributed by atoms with Crippen LogP contribution in [-0.2, 0) is 0 Å². The Hall–Kier alpha value is -0.480. The zero-order valence-corrected chi connectivity index (χ0v) is 11.9. The number of halogens is 1. The minimum absolute atomic E-state index is 0.482. The van der Waals surface area contributed by atoms with Crippen LogP contribution in [0.5, 0.6) is 0 Å². The lowest BCUT2D eigenvalue weighted by atomic mass is 10.2. The number of anilines is 1. The average molecular weight is 299 g/mol. The van der Waals surface area contributed by atoms with E-state index in [9.17, 15) is 0 Å². The number of nitrogens with one attached hydrogen (secondary N) is 1. The summed E-state index contributed by atoms with van der Waals surface area (Å²) in [6, 6.07) is 6.70. The molecule has 0 aromatic heterocycles. The first-order chi connectivity index (χ1) is 7.70. The van der Waals surface area contributed by atoms with Crippen molar-refractivity contribution in [1.29, 1.82) is 0 Å². The number of benzene rings is 1. The smallest absolute Gasteiger partial charge is 0.161 e. The molecule has 1 aliphatic rings. The maximum absolute atomic E-state index is 4.62. The second kappa shape index (κ2) is 5.23. The fourth-order valence-electron chi connectivity index (χ4n) is 1.55. The van der Waals surface area contributed by atoms with Gasteiger partial charge in [0.25, 0.3) is 0 Å². The van der Waals surface area contributed by atoms with Gasteiger partial charge in [0.1, 0.15) is 0 Å². The first kappa shape index (κ1) is 12.0. The molecule has 1 aliphatic heterocycles. The quantitative estimate of drug-likeness (QED) is 0.891. The van der Waals surface area contributed by atoms with Crippen LogP contribution in [0.4, 0.5) is 5.69 Å². The molecule has 16 heavy (non-hydrogen) atoms. The summed E-state index contributed by atoms with van der Waals surface area (Å²) in [5.74, 6) is 1.10. The lowest BCUT2D eigenvalue weighted by Gasteiger charge is -2.08. The molecule has 1 heterocycles. The summed E-state index contributed by atoms with van der Waals surface area (Å²) in [6.45, 7) is 4.27. The molecule has 0 amide bonds. The molecule has 0 aliphatic carbocycles. The summed E-state index contributed by atoms with van der Waals surface area (Å²) >= 11 is 5.40. The first-order valence-electron chi connectivity index (χ1n) is 5.43. The van der Waals surface area contributed by atoms with Crippen molar-refractivity contribution >= 4 is 38.5 Å². The molecule has 0 spiro atoms. The van der Waals surface area contributed by atoms with Gasteiger partial charge in [-0.2, -0.15) is 0 Å². The number of rotatable bonds is 2.